The first-order valence-corrected chi connectivity index (χ1v) is 8.30. The summed E-state index contributed by atoms with van der Waals surface area (Å²) in [5.74, 6) is 1.44. The van der Waals surface area contributed by atoms with Crippen LogP contribution >= 0.6 is 11.8 Å². The van der Waals surface area contributed by atoms with Crippen molar-refractivity contribution in [3.63, 3.8) is 0 Å². The topological polar surface area (TPSA) is 44.9 Å². The van der Waals surface area contributed by atoms with Crippen LogP contribution in [0.4, 0.5) is 0 Å². The van der Waals surface area contributed by atoms with Crippen LogP contribution in [-0.2, 0) is 4.79 Å². The Labute approximate surface area is 123 Å². The van der Waals surface area contributed by atoms with E-state index >= 15 is 0 Å². The average molecular weight is 288 g/mol. The number of benzene rings is 1. The number of para-hydroxylation sites is 1. The summed E-state index contributed by atoms with van der Waals surface area (Å²) >= 11 is 1.80. The third-order valence-corrected chi connectivity index (χ3v) is 4.99. The zero-order valence-corrected chi connectivity index (χ0v) is 12.3. The third-order valence-electron chi connectivity index (χ3n) is 3.94. The van der Waals surface area contributed by atoms with Crippen LogP contribution in [0.1, 0.15) is 25.7 Å². The van der Waals surface area contributed by atoms with Crippen molar-refractivity contribution in [2.24, 2.45) is 5.92 Å². The number of fused-ring (bicyclic) bond motifs is 1. The highest BCUT2D eigenvalue weighted by Gasteiger charge is 2.21. The quantitative estimate of drug-likeness (QED) is 0.652. The lowest BCUT2D eigenvalue weighted by Gasteiger charge is -2.09. The maximum Gasteiger partial charge on any atom is 0.223 e. The largest absolute Gasteiger partial charge is 0.360 e. The fourth-order valence-electron chi connectivity index (χ4n) is 2.83. The van der Waals surface area contributed by atoms with Gasteiger partial charge in [-0.1, -0.05) is 31.0 Å². The molecular formula is C16H20N2OS. The summed E-state index contributed by atoms with van der Waals surface area (Å²) in [5.41, 5.74) is 1.17. The van der Waals surface area contributed by atoms with E-state index in [0.29, 0.717) is 0 Å². The number of carbonyl (C=O) groups excluding carboxylic acids is 1. The van der Waals surface area contributed by atoms with Crippen LogP contribution in [0.5, 0.6) is 0 Å². The molecule has 2 aromatic rings. The van der Waals surface area contributed by atoms with E-state index < -0.39 is 0 Å². The van der Waals surface area contributed by atoms with Crippen molar-refractivity contribution < 1.29 is 4.79 Å². The van der Waals surface area contributed by atoms with E-state index in [0.717, 1.165) is 25.1 Å². The number of aromatic amines is 1. The van der Waals surface area contributed by atoms with E-state index in [2.05, 4.69) is 28.5 Å². The molecule has 0 aliphatic heterocycles. The third kappa shape index (κ3) is 3.01. The molecule has 1 fully saturated rings. The Hall–Kier alpha value is -1.42. The Bertz CT molecular complexity index is 587. The predicted octanol–water partition coefficient (Wildman–Crippen LogP) is 3.57. The molecule has 106 valence electrons. The van der Waals surface area contributed by atoms with Gasteiger partial charge in [-0.05, 0) is 18.9 Å². The molecule has 0 radical (unpaired) electrons. The van der Waals surface area contributed by atoms with E-state index in [1.54, 1.807) is 11.8 Å². The summed E-state index contributed by atoms with van der Waals surface area (Å²) in [6.45, 7) is 0.750. The van der Waals surface area contributed by atoms with E-state index in [9.17, 15) is 4.79 Å². The van der Waals surface area contributed by atoms with Gasteiger partial charge < -0.3 is 10.3 Å². The molecule has 20 heavy (non-hydrogen) atoms. The van der Waals surface area contributed by atoms with Crippen molar-refractivity contribution in [2.45, 2.75) is 30.6 Å². The van der Waals surface area contributed by atoms with Crippen LogP contribution in [0.3, 0.4) is 0 Å². The molecule has 0 unspecified atom stereocenters. The van der Waals surface area contributed by atoms with Crippen molar-refractivity contribution in [1.29, 1.82) is 0 Å². The zero-order valence-electron chi connectivity index (χ0n) is 11.5. The Kier molecular flexibility index (Phi) is 4.31. The van der Waals surface area contributed by atoms with Gasteiger partial charge >= 0.3 is 0 Å². The molecule has 3 nitrogen and oxygen atoms in total. The molecule has 1 saturated carbocycles. The summed E-state index contributed by atoms with van der Waals surface area (Å²) in [5, 5.41) is 4.33. The Morgan fingerprint density at radius 1 is 1.30 bits per heavy atom. The van der Waals surface area contributed by atoms with Gasteiger partial charge in [0.2, 0.25) is 5.91 Å². The average Bonchev–Trinajstić information content (AvgIpc) is 3.13. The minimum atomic E-state index is 0.252. The number of amides is 1. The molecule has 1 aliphatic rings. The summed E-state index contributed by atoms with van der Waals surface area (Å²) in [7, 11) is 0. The second kappa shape index (κ2) is 6.35. The van der Waals surface area contributed by atoms with Crippen molar-refractivity contribution >= 4 is 28.6 Å². The summed E-state index contributed by atoms with van der Waals surface area (Å²) < 4.78 is 0. The number of thioether (sulfide) groups is 1. The van der Waals surface area contributed by atoms with Crippen molar-refractivity contribution in [3.05, 3.63) is 30.5 Å². The summed E-state index contributed by atoms with van der Waals surface area (Å²) in [4.78, 5) is 16.4. The molecule has 3 rings (SSSR count). The SMILES string of the molecule is O=C(NCCSc1c[nH]c2ccccc12)C1CCCC1. The molecule has 1 aromatic carbocycles. The lowest BCUT2D eigenvalue weighted by molar-refractivity contribution is -0.124. The van der Waals surface area contributed by atoms with Gasteiger partial charge in [0.15, 0.2) is 0 Å². The normalized spacial score (nSPS) is 15.8. The van der Waals surface area contributed by atoms with E-state index in [4.69, 9.17) is 0 Å². The highest BCUT2D eigenvalue weighted by atomic mass is 32.2. The zero-order chi connectivity index (χ0) is 13.8. The summed E-state index contributed by atoms with van der Waals surface area (Å²) in [6, 6.07) is 8.31. The number of hydrogen-bond donors (Lipinski definition) is 2. The molecule has 0 atom stereocenters. The number of H-pyrrole nitrogens is 1. The van der Waals surface area contributed by atoms with Crippen LogP contribution in [0, 0.1) is 5.92 Å². The van der Waals surface area contributed by atoms with Crippen LogP contribution < -0.4 is 5.32 Å². The van der Waals surface area contributed by atoms with E-state index in [-0.39, 0.29) is 11.8 Å². The molecule has 0 spiro atoms. The fraction of sp³-hybridized carbons (Fsp3) is 0.438. The van der Waals surface area contributed by atoms with E-state index in [1.807, 2.05) is 12.3 Å². The fourth-order valence-corrected chi connectivity index (χ4v) is 3.73. The molecular weight excluding hydrogens is 268 g/mol. The molecule has 1 aliphatic carbocycles. The highest BCUT2D eigenvalue weighted by Crippen LogP contribution is 2.27. The second-order valence-electron chi connectivity index (χ2n) is 5.32. The van der Waals surface area contributed by atoms with Crippen LogP contribution in [0.2, 0.25) is 0 Å². The van der Waals surface area contributed by atoms with Crippen molar-refractivity contribution in [3.8, 4) is 0 Å². The number of rotatable bonds is 5. The minimum Gasteiger partial charge on any atom is -0.360 e. The maximum absolute atomic E-state index is 11.9. The maximum atomic E-state index is 11.9. The molecule has 1 heterocycles. The number of aromatic nitrogens is 1. The standard InChI is InChI=1S/C16H20N2OS/c19-16(12-5-1-2-6-12)17-9-10-20-15-11-18-14-8-4-3-7-13(14)15/h3-4,7-8,11-12,18H,1-2,5-6,9-10H2,(H,17,19). The molecule has 4 heteroatoms. The predicted molar refractivity (Wildman–Crippen MR) is 84.0 cm³/mol. The van der Waals surface area contributed by atoms with Crippen LogP contribution in [-0.4, -0.2) is 23.2 Å². The van der Waals surface area contributed by atoms with Gasteiger partial charge in [-0.15, -0.1) is 11.8 Å². The summed E-state index contributed by atoms with van der Waals surface area (Å²) in [6.07, 6.45) is 6.61. The van der Waals surface area contributed by atoms with Gasteiger partial charge in [-0.25, -0.2) is 0 Å². The van der Waals surface area contributed by atoms with E-state index in [1.165, 1.54) is 28.6 Å². The number of hydrogen-bond acceptors (Lipinski definition) is 2. The smallest absolute Gasteiger partial charge is 0.223 e. The van der Waals surface area contributed by atoms with Gasteiger partial charge in [0.05, 0.1) is 0 Å². The molecule has 1 aromatic heterocycles. The van der Waals surface area contributed by atoms with Crippen molar-refractivity contribution in [1.82, 2.24) is 10.3 Å². The van der Waals surface area contributed by atoms with Gasteiger partial charge in [0.25, 0.3) is 0 Å². The Morgan fingerprint density at radius 2 is 2.10 bits per heavy atom. The first-order chi connectivity index (χ1) is 9.84. The minimum absolute atomic E-state index is 0.252. The van der Waals surface area contributed by atoms with Gasteiger partial charge in [-0.3, -0.25) is 4.79 Å². The number of carbonyl (C=O) groups is 1. The number of nitrogens with one attached hydrogen (secondary N) is 2. The highest BCUT2D eigenvalue weighted by molar-refractivity contribution is 7.99. The lowest BCUT2D eigenvalue weighted by Crippen LogP contribution is -2.30. The Morgan fingerprint density at radius 3 is 2.95 bits per heavy atom. The molecule has 0 saturated heterocycles. The van der Waals surface area contributed by atoms with Crippen LogP contribution in [0.15, 0.2) is 35.4 Å². The van der Waals surface area contributed by atoms with Gasteiger partial charge in [0.1, 0.15) is 0 Å². The molecule has 1 amide bonds. The monoisotopic (exact) mass is 288 g/mol. The molecule has 2 N–H and O–H groups in total. The van der Waals surface area contributed by atoms with Crippen LogP contribution in [0.25, 0.3) is 10.9 Å². The molecule has 0 bridgehead atoms. The second-order valence-corrected chi connectivity index (χ2v) is 6.46. The Balaban J connectivity index is 1.47. The first-order valence-electron chi connectivity index (χ1n) is 7.31. The van der Waals surface area contributed by atoms with Crippen molar-refractivity contribution in [2.75, 3.05) is 12.3 Å². The lowest BCUT2D eigenvalue weighted by atomic mass is 10.1. The van der Waals surface area contributed by atoms with Gasteiger partial charge in [0, 0.05) is 40.2 Å². The first kappa shape index (κ1) is 13.6. The van der Waals surface area contributed by atoms with Gasteiger partial charge in [-0.2, -0.15) is 0 Å².